The van der Waals surface area contributed by atoms with E-state index in [1.165, 1.54) is 5.56 Å². The SMILES string of the molecule is Cc1cccc(NCc2c(Cl)c(C)nn2C)c1Br. The summed E-state index contributed by atoms with van der Waals surface area (Å²) in [5.41, 5.74) is 4.11. The molecule has 5 heteroatoms. The normalized spacial score (nSPS) is 10.7. The fourth-order valence-electron chi connectivity index (χ4n) is 1.84. The van der Waals surface area contributed by atoms with Crippen LogP contribution in [-0.4, -0.2) is 9.78 Å². The zero-order chi connectivity index (χ0) is 13.3. The lowest BCUT2D eigenvalue weighted by Crippen LogP contribution is -2.06. The van der Waals surface area contributed by atoms with Crippen molar-refractivity contribution in [2.45, 2.75) is 20.4 Å². The Kier molecular flexibility index (Phi) is 3.97. The fourth-order valence-corrected chi connectivity index (χ4v) is 2.47. The molecule has 1 N–H and O–H groups in total. The molecule has 0 aliphatic heterocycles. The highest BCUT2D eigenvalue weighted by Crippen LogP contribution is 2.27. The van der Waals surface area contributed by atoms with Gasteiger partial charge in [-0.05, 0) is 41.4 Å². The van der Waals surface area contributed by atoms with E-state index in [4.69, 9.17) is 11.6 Å². The van der Waals surface area contributed by atoms with Crippen molar-refractivity contribution < 1.29 is 0 Å². The quantitative estimate of drug-likeness (QED) is 0.920. The van der Waals surface area contributed by atoms with Crippen molar-refractivity contribution in [3.05, 3.63) is 44.6 Å². The second-order valence-electron chi connectivity index (χ2n) is 4.26. The number of nitrogens with one attached hydrogen (secondary N) is 1. The van der Waals surface area contributed by atoms with Gasteiger partial charge in [0.05, 0.1) is 23.0 Å². The van der Waals surface area contributed by atoms with Gasteiger partial charge in [0, 0.05) is 17.2 Å². The summed E-state index contributed by atoms with van der Waals surface area (Å²) >= 11 is 9.79. The molecule has 96 valence electrons. The number of aryl methyl sites for hydroxylation is 3. The molecular weight excluding hydrogens is 314 g/mol. The second kappa shape index (κ2) is 5.33. The number of nitrogens with zero attached hydrogens (tertiary/aromatic N) is 2. The van der Waals surface area contributed by atoms with E-state index in [2.05, 4.69) is 39.3 Å². The Morgan fingerprint density at radius 1 is 1.39 bits per heavy atom. The van der Waals surface area contributed by atoms with Gasteiger partial charge in [-0.3, -0.25) is 4.68 Å². The average molecular weight is 329 g/mol. The number of hydrogen-bond donors (Lipinski definition) is 1. The van der Waals surface area contributed by atoms with E-state index < -0.39 is 0 Å². The van der Waals surface area contributed by atoms with Crippen LogP contribution in [0.3, 0.4) is 0 Å². The number of anilines is 1. The standard InChI is InChI=1S/C13H15BrClN3/c1-8-5-4-6-10(12(8)14)16-7-11-13(15)9(2)17-18(11)3/h4-6,16H,7H2,1-3H3. The van der Waals surface area contributed by atoms with Gasteiger partial charge in [0.15, 0.2) is 0 Å². The van der Waals surface area contributed by atoms with E-state index in [1.54, 1.807) is 0 Å². The molecule has 0 fully saturated rings. The van der Waals surface area contributed by atoms with Crippen LogP contribution in [0.5, 0.6) is 0 Å². The molecule has 0 saturated heterocycles. The van der Waals surface area contributed by atoms with Crippen LogP contribution in [0.4, 0.5) is 5.69 Å². The minimum absolute atomic E-state index is 0.651. The maximum atomic E-state index is 6.22. The molecule has 2 aromatic rings. The summed E-state index contributed by atoms with van der Waals surface area (Å²) in [5.74, 6) is 0. The summed E-state index contributed by atoms with van der Waals surface area (Å²) < 4.78 is 2.90. The average Bonchev–Trinajstić information content (AvgIpc) is 2.56. The Labute approximate surface area is 120 Å². The zero-order valence-electron chi connectivity index (χ0n) is 10.6. The van der Waals surface area contributed by atoms with Crippen molar-refractivity contribution in [1.82, 2.24) is 9.78 Å². The van der Waals surface area contributed by atoms with Crippen molar-refractivity contribution in [2.75, 3.05) is 5.32 Å². The molecular formula is C13H15BrClN3. The van der Waals surface area contributed by atoms with Crippen LogP contribution < -0.4 is 5.32 Å². The van der Waals surface area contributed by atoms with Crippen LogP contribution in [0.1, 0.15) is 17.0 Å². The number of hydrogen-bond acceptors (Lipinski definition) is 2. The van der Waals surface area contributed by atoms with Crippen LogP contribution in [-0.2, 0) is 13.6 Å². The van der Waals surface area contributed by atoms with Crippen LogP contribution >= 0.6 is 27.5 Å². The van der Waals surface area contributed by atoms with Gasteiger partial charge < -0.3 is 5.32 Å². The summed E-state index contributed by atoms with van der Waals surface area (Å²) in [5, 5.41) is 8.40. The van der Waals surface area contributed by atoms with E-state index in [-0.39, 0.29) is 0 Å². The first-order chi connectivity index (χ1) is 8.50. The van der Waals surface area contributed by atoms with Gasteiger partial charge in [-0.25, -0.2) is 0 Å². The summed E-state index contributed by atoms with van der Waals surface area (Å²) in [7, 11) is 1.90. The Morgan fingerprint density at radius 3 is 2.72 bits per heavy atom. The fraction of sp³-hybridized carbons (Fsp3) is 0.308. The predicted octanol–water partition coefficient (Wildman–Crippen LogP) is 4.06. The van der Waals surface area contributed by atoms with Crippen LogP contribution in [0.2, 0.25) is 5.02 Å². The third kappa shape index (κ3) is 2.54. The lowest BCUT2D eigenvalue weighted by molar-refractivity contribution is 0.713. The minimum Gasteiger partial charge on any atom is -0.378 e. The Balaban J connectivity index is 2.19. The van der Waals surface area contributed by atoms with Gasteiger partial charge in [0.2, 0.25) is 0 Å². The lowest BCUT2D eigenvalue weighted by atomic mass is 10.2. The monoisotopic (exact) mass is 327 g/mol. The van der Waals surface area contributed by atoms with Crippen molar-refractivity contribution in [3.8, 4) is 0 Å². The molecule has 0 bridgehead atoms. The molecule has 2 rings (SSSR count). The number of aromatic nitrogens is 2. The lowest BCUT2D eigenvalue weighted by Gasteiger charge is -2.10. The predicted molar refractivity (Wildman–Crippen MR) is 79.2 cm³/mol. The molecule has 1 aromatic heterocycles. The maximum Gasteiger partial charge on any atom is 0.0865 e. The Bertz CT molecular complexity index is 578. The van der Waals surface area contributed by atoms with Crippen molar-refractivity contribution >= 4 is 33.2 Å². The van der Waals surface area contributed by atoms with Crippen molar-refractivity contribution in [1.29, 1.82) is 0 Å². The third-order valence-corrected chi connectivity index (χ3v) is 4.44. The molecule has 1 heterocycles. The highest BCUT2D eigenvalue weighted by atomic mass is 79.9. The smallest absolute Gasteiger partial charge is 0.0865 e. The highest BCUT2D eigenvalue weighted by Gasteiger charge is 2.11. The Morgan fingerprint density at radius 2 is 2.11 bits per heavy atom. The summed E-state index contributed by atoms with van der Waals surface area (Å²) in [6.07, 6.45) is 0. The van der Waals surface area contributed by atoms with Gasteiger partial charge in [0.1, 0.15) is 0 Å². The van der Waals surface area contributed by atoms with Crippen molar-refractivity contribution in [3.63, 3.8) is 0 Å². The second-order valence-corrected chi connectivity index (χ2v) is 5.43. The molecule has 0 aliphatic carbocycles. The van der Waals surface area contributed by atoms with E-state index in [1.807, 2.05) is 30.8 Å². The molecule has 18 heavy (non-hydrogen) atoms. The van der Waals surface area contributed by atoms with E-state index in [0.29, 0.717) is 6.54 Å². The molecule has 0 atom stereocenters. The van der Waals surface area contributed by atoms with Gasteiger partial charge in [0.25, 0.3) is 0 Å². The summed E-state index contributed by atoms with van der Waals surface area (Å²) in [6.45, 7) is 4.63. The molecule has 0 unspecified atom stereocenters. The van der Waals surface area contributed by atoms with Crippen LogP contribution in [0, 0.1) is 13.8 Å². The first kappa shape index (κ1) is 13.4. The van der Waals surface area contributed by atoms with E-state index >= 15 is 0 Å². The summed E-state index contributed by atoms with van der Waals surface area (Å²) in [6, 6.07) is 6.13. The maximum absolute atomic E-state index is 6.22. The topological polar surface area (TPSA) is 29.9 Å². The van der Waals surface area contributed by atoms with Gasteiger partial charge in [-0.1, -0.05) is 23.7 Å². The minimum atomic E-state index is 0.651. The number of benzene rings is 1. The highest BCUT2D eigenvalue weighted by molar-refractivity contribution is 9.10. The van der Waals surface area contributed by atoms with Gasteiger partial charge in [-0.2, -0.15) is 5.10 Å². The molecule has 0 radical (unpaired) electrons. The van der Waals surface area contributed by atoms with Crippen molar-refractivity contribution in [2.24, 2.45) is 7.05 Å². The van der Waals surface area contributed by atoms with Gasteiger partial charge >= 0.3 is 0 Å². The van der Waals surface area contributed by atoms with Crippen LogP contribution in [0.15, 0.2) is 22.7 Å². The Hall–Kier alpha value is -1.00. The third-order valence-electron chi connectivity index (χ3n) is 2.90. The molecule has 3 nitrogen and oxygen atoms in total. The van der Waals surface area contributed by atoms with Gasteiger partial charge in [-0.15, -0.1) is 0 Å². The summed E-state index contributed by atoms with van der Waals surface area (Å²) in [4.78, 5) is 0. The number of halogens is 2. The largest absolute Gasteiger partial charge is 0.378 e. The molecule has 0 saturated carbocycles. The first-order valence-corrected chi connectivity index (χ1v) is 6.84. The van der Waals surface area contributed by atoms with Crippen LogP contribution in [0.25, 0.3) is 0 Å². The molecule has 1 aromatic carbocycles. The number of rotatable bonds is 3. The molecule has 0 amide bonds. The van der Waals surface area contributed by atoms with E-state index in [0.717, 1.165) is 26.6 Å². The zero-order valence-corrected chi connectivity index (χ0v) is 12.9. The molecule has 0 spiro atoms. The molecule has 0 aliphatic rings. The first-order valence-electron chi connectivity index (χ1n) is 5.67. The van der Waals surface area contributed by atoms with E-state index in [9.17, 15) is 0 Å².